The number of hydrogen-bond donors (Lipinski definition) is 2. The minimum atomic E-state index is -2.74. The number of pyridine rings is 1. The van der Waals surface area contributed by atoms with E-state index in [2.05, 4.69) is 20.4 Å². The first kappa shape index (κ1) is 17.3. The normalized spacial score (nSPS) is 17.3. The number of aromatic nitrogens is 1. The second-order valence-electron chi connectivity index (χ2n) is 5.01. The highest BCUT2D eigenvalue weighted by atomic mass is 19.3. The van der Waals surface area contributed by atoms with E-state index in [1.807, 2.05) is 0 Å². The molecule has 1 fully saturated rings. The summed E-state index contributed by atoms with van der Waals surface area (Å²) >= 11 is 0. The molecule has 6 nitrogen and oxygen atoms in total. The van der Waals surface area contributed by atoms with Crippen molar-refractivity contribution in [2.75, 3.05) is 20.3 Å². The van der Waals surface area contributed by atoms with Crippen molar-refractivity contribution in [2.45, 2.75) is 31.9 Å². The molecule has 0 radical (unpaired) electrons. The van der Waals surface area contributed by atoms with E-state index in [1.165, 1.54) is 7.11 Å². The largest absolute Gasteiger partial charge is 0.481 e. The average Bonchev–Trinajstić information content (AvgIpc) is 3.05. The summed E-state index contributed by atoms with van der Waals surface area (Å²) in [6, 6.07) is 0.794. The summed E-state index contributed by atoms with van der Waals surface area (Å²) in [5.74, 6) is -1.64. The van der Waals surface area contributed by atoms with Gasteiger partial charge in [-0.3, -0.25) is 4.79 Å². The third kappa shape index (κ3) is 4.72. The number of carbonyl (C=O) groups excluding carboxylic acids is 1. The van der Waals surface area contributed by atoms with Crippen LogP contribution in [0.25, 0.3) is 0 Å². The van der Waals surface area contributed by atoms with Gasteiger partial charge in [0.2, 0.25) is 11.8 Å². The number of ether oxygens (including phenoxy) is 2. The predicted octanol–water partition coefficient (Wildman–Crippen LogP) is 1.24. The van der Waals surface area contributed by atoms with Gasteiger partial charge in [-0.15, -0.1) is 0 Å². The number of methoxy groups -OCH3 is 1. The first-order valence-corrected chi connectivity index (χ1v) is 7.16. The van der Waals surface area contributed by atoms with Gasteiger partial charge in [0.1, 0.15) is 0 Å². The van der Waals surface area contributed by atoms with Gasteiger partial charge in [0, 0.05) is 12.1 Å². The van der Waals surface area contributed by atoms with Crippen LogP contribution in [0.5, 0.6) is 11.8 Å². The molecule has 0 saturated carbocycles. The zero-order valence-electron chi connectivity index (χ0n) is 12.6. The van der Waals surface area contributed by atoms with Crippen LogP contribution >= 0.6 is 0 Å². The van der Waals surface area contributed by atoms with Crippen molar-refractivity contribution in [2.24, 2.45) is 0 Å². The van der Waals surface area contributed by atoms with Gasteiger partial charge in [-0.2, -0.15) is 4.98 Å². The lowest BCUT2D eigenvalue weighted by Gasteiger charge is -2.14. The molecule has 1 unspecified atom stereocenters. The highest BCUT2D eigenvalue weighted by Gasteiger charge is 2.22. The Kier molecular flexibility index (Phi) is 6.03. The molecule has 1 aromatic heterocycles. The van der Waals surface area contributed by atoms with Gasteiger partial charge in [-0.1, -0.05) is 0 Å². The van der Waals surface area contributed by atoms with Crippen LogP contribution in [0.15, 0.2) is 6.07 Å². The SMILES string of the molecule is COc1nc(OCC(F)F)c(F)cc1CNC(=O)C1CCCN1. The lowest BCUT2D eigenvalue weighted by atomic mass is 10.2. The summed E-state index contributed by atoms with van der Waals surface area (Å²) in [4.78, 5) is 15.6. The van der Waals surface area contributed by atoms with E-state index in [9.17, 15) is 18.0 Å². The zero-order chi connectivity index (χ0) is 16.8. The Labute approximate surface area is 131 Å². The maximum atomic E-state index is 13.8. The lowest BCUT2D eigenvalue weighted by molar-refractivity contribution is -0.122. The monoisotopic (exact) mass is 333 g/mol. The number of hydrogen-bond acceptors (Lipinski definition) is 5. The van der Waals surface area contributed by atoms with Crippen LogP contribution in [-0.2, 0) is 11.3 Å². The molecule has 0 bridgehead atoms. The fourth-order valence-corrected chi connectivity index (χ4v) is 2.25. The fourth-order valence-electron chi connectivity index (χ4n) is 2.25. The molecule has 1 saturated heterocycles. The molecule has 0 aromatic carbocycles. The van der Waals surface area contributed by atoms with E-state index in [-0.39, 0.29) is 24.4 Å². The summed E-state index contributed by atoms with van der Waals surface area (Å²) in [7, 11) is 1.31. The van der Waals surface area contributed by atoms with E-state index >= 15 is 0 Å². The minimum Gasteiger partial charge on any atom is -0.481 e. The van der Waals surface area contributed by atoms with E-state index < -0.39 is 24.7 Å². The number of nitrogens with zero attached hydrogens (tertiary/aromatic N) is 1. The molecule has 0 spiro atoms. The molecule has 2 rings (SSSR count). The van der Waals surface area contributed by atoms with Crippen molar-refractivity contribution in [3.63, 3.8) is 0 Å². The van der Waals surface area contributed by atoms with Gasteiger partial charge >= 0.3 is 0 Å². The standard InChI is InChI=1S/C14H18F3N3O3/c1-22-13-8(6-19-12(21)10-3-2-4-18-10)5-9(15)14(20-13)23-7-11(16)17/h5,10-11,18H,2-4,6-7H2,1H3,(H,19,21). The number of rotatable bonds is 7. The second kappa shape index (κ2) is 8.00. The molecule has 1 aliphatic rings. The maximum absolute atomic E-state index is 13.8. The van der Waals surface area contributed by atoms with Crippen LogP contribution in [-0.4, -0.2) is 43.6 Å². The topological polar surface area (TPSA) is 72.5 Å². The number of carbonyl (C=O) groups is 1. The average molecular weight is 333 g/mol. The lowest BCUT2D eigenvalue weighted by Crippen LogP contribution is -2.40. The molecule has 9 heteroatoms. The summed E-state index contributed by atoms with van der Waals surface area (Å²) in [6.45, 7) is -0.163. The van der Waals surface area contributed by atoms with Crippen LogP contribution in [0.3, 0.4) is 0 Å². The highest BCUT2D eigenvalue weighted by Crippen LogP contribution is 2.24. The van der Waals surface area contributed by atoms with Crippen molar-refractivity contribution in [3.8, 4) is 11.8 Å². The second-order valence-corrected chi connectivity index (χ2v) is 5.01. The zero-order valence-corrected chi connectivity index (χ0v) is 12.6. The minimum absolute atomic E-state index is 0.00958. The van der Waals surface area contributed by atoms with Crippen molar-refractivity contribution >= 4 is 5.91 Å². The molecule has 1 aliphatic heterocycles. The van der Waals surface area contributed by atoms with E-state index in [4.69, 9.17) is 4.74 Å². The molecule has 23 heavy (non-hydrogen) atoms. The molecule has 1 atom stereocenters. The van der Waals surface area contributed by atoms with Gasteiger partial charge in [0.15, 0.2) is 12.4 Å². The third-order valence-corrected chi connectivity index (χ3v) is 3.35. The van der Waals surface area contributed by atoms with Crippen LogP contribution < -0.4 is 20.1 Å². The predicted molar refractivity (Wildman–Crippen MR) is 75.1 cm³/mol. The Balaban J connectivity index is 2.02. The Morgan fingerprint density at radius 3 is 2.91 bits per heavy atom. The number of halogens is 3. The van der Waals surface area contributed by atoms with Gasteiger partial charge < -0.3 is 20.1 Å². The molecule has 1 amide bonds. The van der Waals surface area contributed by atoms with Crippen molar-refractivity contribution in [3.05, 3.63) is 17.4 Å². The fraction of sp³-hybridized carbons (Fsp3) is 0.571. The molecular weight excluding hydrogens is 315 g/mol. The third-order valence-electron chi connectivity index (χ3n) is 3.35. The number of nitrogens with one attached hydrogen (secondary N) is 2. The molecule has 2 N–H and O–H groups in total. The highest BCUT2D eigenvalue weighted by molar-refractivity contribution is 5.82. The van der Waals surface area contributed by atoms with E-state index in [0.29, 0.717) is 5.56 Å². The first-order chi connectivity index (χ1) is 11.0. The Hall–Kier alpha value is -2.03. The summed E-state index contributed by atoms with van der Waals surface area (Å²) in [6.07, 6.45) is -1.07. The molecule has 128 valence electrons. The van der Waals surface area contributed by atoms with E-state index in [1.54, 1.807) is 0 Å². The summed E-state index contributed by atoms with van der Waals surface area (Å²) < 4.78 is 47.6. The quantitative estimate of drug-likeness (QED) is 0.786. The Morgan fingerprint density at radius 2 is 2.30 bits per heavy atom. The van der Waals surface area contributed by atoms with Gasteiger partial charge in [-0.05, 0) is 25.5 Å². The van der Waals surface area contributed by atoms with Crippen LogP contribution in [0.4, 0.5) is 13.2 Å². The van der Waals surface area contributed by atoms with E-state index in [0.717, 1.165) is 25.5 Å². The number of alkyl halides is 2. The van der Waals surface area contributed by atoms with Crippen molar-refractivity contribution < 1.29 is 27.4 Å². The van der Waals surface area contributed by atoms with Gasteiger partial charge in [0.05, 0.1) is 13.2 Å². The molecule has 0 aliphatic carbocycles. The van der Waals surface area contributed by atoms with Crippen LogP contribution in [0, 0.1) is 5.82 Å². The first-order valence-electron chi connectivity index (χ1n) is 7.16. The summed E-state index contributed by atoms with van der Waals surface area (Å²) in [5.41, 5.74) is 0.292. The van der Waals surface area contributed by atoms with Gasteiger partial charge in [-0.25, -0.2) is 13.2 Å². The van der Waals surface area contributed by atoms with Crippen molar-refractivity contribution in [1.29, 1.82) is 0 Å². The Bertz CT molecular complexity index is 552. The molecule has 2 heterocycles. The van der Waals surface area contributed by atoms with Crippen LogP contribution in [0.1, 0.15) is 18.4 Å². The molecular formula is C14H18F3N3O3. The summed E-state index contributed by atoms with van der Waals surface area (Å²) in [5, 5.41) is 5.71. The number of amides is 1. The Morgan fingerprint density at radius 1 is 1.52 bits per heavy atom. The smallest absolute Gasteiger partial charge is 0.272 e. The van der Waals surface area contributed by atoms with Crippen molar-refractivity contribution in [1.82, 2.24) is 15.6 Å². The molecule has 1 aromatic rings. The van der Waals surface area contributed by atoms with Gasteiger partial charge in [0.25, 0.3) is 12.3 Å². The maximum Gasteiger partial charge on any atom is 0.272 e. The van der Waals surface area contributed by atoms with Crippen LogP contribution in [0.2, 0.25) is 0 Å².